The van der Waals surface area contributed by atoms with Crippen molar-refractivity contribution in [1.82, 2.24) is 10.2 Å². The minimum absolute atomic E-state index is 0.162. The predicted octanol–water partition coefficient (Wildman–Crippen LogP) is 3.29. The van der Waals surface area contributed by atoms with Gasteiger partial charge in [0.25, 0.3) is 0 Å². The molecule has 1 saturated heterocycles. The maximum atomic E-state index is 5.65. The van der Waals surface area contributed by atoms with Crippen molar-refractivity contribution in [2.45, 2.75) is 72.4 Å². The molecule has 3 heteroatoms. The molecule has 1 aliphatic rings. The van der Waals surface area contributed by atoms with Gasteiger partial charge >= 0.3 is 0 Å². The Morgan fingerprint density at radius 1 is 1.20 bits per heavy atom. The van der Waals surface area contributed by atoms with Gasteiger partial charge in [0.15, 0.2) is 0 Å². The Morgan fingerprint density at radius 2 is 1.85 bits per heavy atom. The summed E-state index contributed by atoms with van der Waals surface area (Å²) in [5, 5.41) is 3.71. The van der Waals surface area contributed by atoms with Crippen molar-refractivity contribution in [3.63, 3.8) is 0 Å². The molecule has 0 aliphatic carbocycles. The zero-order valence-corrected chi connectivity index (χ0v) is 14.8. The van der Waals surface area contributed by atoms with Crippen LogP contribution in [-0.4, -0.2) is 48.8 Å². The summed E-state index contributed by atoms with van der Waals surface area (Å²) in [5.41, 5.74) is 0.682. The van der Waals surface area contributed by atoms with E-state index in [-0.39, 0.29) is 11.1 Å². The van der Waals surface area contributed by atoms with Gasteiger partial charge in [-0.1, -0.05) is 20.3 Å². The first kappa shape index (κ1) is 17.9. The SMILES string of the molecule is CCCC(C)(CNC(C)(C)C)CN1CCOCC1(C)C. The Bertz CT molecular complexity index is 296. The van der Waals surface area contributed by atoms with Crippen LogP contribution in [0.3, 0.4) is 0 Å². The zero-order valence-electron chi connectivity index (χ0n) is 14.8. The Kier molecular flexibility index (Phi) is 6.06. The summed E-state index contributed by atoms with van der Waals surface area (Å²) >= 11 is 0. The van der Waals surface area contributed by atoms with Gasteiger partial charge in [-0.2, -0.15) is 0 Å². The maximum absolute atomic E-state index is 5.65. The lowest BCUT2D eigenvalue weighted by molar-refractivity contribution is -0.0676. The number of rotatable bonds is 6. The summed E-state index contributed by atoms with van der Waals surface area (Å²) in [4.78, 5) is 2.62. The summed E-state index contributed by atoms with van der Waals surface area (Å²) in [5.74, 6) is 0. The second kappa shape index (κ2) is 6.76. The third-order valence-corrected chi connectivity index (χ3v) is 4.29. The van der Waals surface area contributed by atoms with Crippen molar-refractivity contribution in [2.75, 3.05) is 32.8 Å². The van der Waals surface area contributed by atoms with Crippen LogP contribution in [0.25, 0.3) is 0 Å². The molecule has 1 atom stereocenters. The van der Waals surface area contributed by atoms with E-state index in [9.17, 15) is 0 Å². The van der Waals surface area contributed by atoms with E-state index in [4.69, 9.17) is 4.74 Å². The lowest BCUT2D eigenvalue weighted by atomic mass is 9.82. The summed E-state index contributed by atoms with van der Waals surface area (Å²) < 4.78 is 5.65. The summed E-state index contributed by atoms with van der Waals surface area (Å²) in [7, 11) is 0. The third-order valence-electron chi connectivity index (χ3n) is 4.29. The summed E-state index contributed by atoms with van der Waals surface area (Å²) in [6.07, 6.45) is 2.51. The fraction of sp³-hybridized carbons (Fsp3) is 1.00. The van der Waals surface area contributed by atoms with Crippen LogP contribution in [-0.2, 0) is 4.74 Å². The smallest absolute Gasteiger partial charge is 0.0645 e. The Balaban J connectivity index is 2.69. The molecule has 1 unspecified atom stereocenters. The molecular weight excluding hydrogens is 248 g/mol. The molecule has 0 saturated carbocycles. The molecule has 1 aliphatic heterocycles. The number of nitrogens with zero attached hydrogens (tertiary/aromatic N) is 1. The first-order chi connectivity index (χ1) is 9.08. The van der Waals surface area contributed by atoms with Crippen LogP contribution in [0.15, 0.2) is 0 Å². The number of morpholine rings is 1. The lowest BCUT2D eigenvalue weighted by Crippen LogP contribution is -2.57. The van der Waals surface area contributed by atoms with E-state index >= 15 is 0 Å². The van der Waals surface area contributed by atoms with Crippen molar-refractivity contribution < 1.29 is 4.74 Å². The van der Waals surface area contributed by atoms with Crippen LogP contribution >= 0.6 is 0 Å². The van der Waals surface area contributed by atoms with E-state index in [1.165, 1.54) is 12.8 Å². The van der Waals surface area contributed by atoms with Crippen molar-refractivity contribution >= 4 is 0 Å². The molecule has 0 aromatic heterocycles. The van der Waals surface area contributed by atoms with E-state index in [0.29, 0.717) is 5.41 Å². The van der Waals surface area contributed by atoms with E-state index in [2.05, 4.69) is 58.7 Å². The largest absolute Gasteiger partial charge is 0.378 e. The van der Waals surface area contributed by atoms with Gasteiger partial charge in [0.1, 0.15) is 0 Å². The number of hydrogen-bond donors (Lipinski definition) is 1. The van der Waals surface area contributed by atoms with Crippen LogP contribution in [0.4, 0.5) is 0 Å². The molecule has 0 radical (unpaired) electrons. The number of hydrogen-bond acceptors (Lipinski definition) is 3. The van der Waals surface area contributed by atoms with Crippen LogP contribution < -0.4 is 5.32 Å². The maximum Gasteiger partial charge on any atom is 0.0645 e. The highest BCUT2D eigenvalue weighted by Crippen LogP contribution is 2.29. The van der Waals surface area contributed by atoms with E-state index in [1.54, 1.807) is 0 Å². The summed E-state index contributed by atoms with van der Waals surface area (Å²) in [6.45, 7) is 21.1. The van der Waals surface area contributed by atoms with Crippen LogP contribution in [0.5, 0.6) is 0 Å². The molecule has 1 heterocycles. The second-order valence-corrected chi connectivity index (χ2v) is 8.45. The normalized spacial score (nSPS) is 23.6. The van der Waals surface area contributed by atoms with E-state index < -0.39 is 0 Å². The molecule has 1 rings (SSSR count). The Labute approximate surface area is 126 Å². The number of nitrogens with one attached hydrogen (secondary N) is 1. The van der Waals surface area contributed by atoms with Gasteiger partial charge in [0, 0.05) is 30.7 Å². The minimum Gasteiger partial charge on any atom is -0.378 e. The highest BCUT2D eigenvalue weighted by Gasteiger charge is 2.36. The average Bonchev–Trinajstić information content (AvgIpc) is 2.29. The third kappa shape index (κ3) is 5.71. The average molecular weight is 284 g/mol. The van der Waals surface area contributed by atoms with Gasteiger partial charge < -0.3 is 10.1 Å². The monoisotopic (exact) mass is 284 g/mol. The van der Waals surface area contributed by atoms with Gasteiger partial charge in [-0.05, 0) is 46.5 Å². The van der Waals surface area contributed by atoms with Gasteiger partial charge in [-0.25, -0.2) is 0 Å². The van der Waals surface area contributed by atoms with Crippen molar-refractivity contribution in [1.29, 1.82) is 0 Å². The van der Waals surface area contributed by atoms with Crippen molar-refractivity contribution in [3.05, 3.63) is 0 Å². The zero-order chi connectivity index (χ0) is 15.4. The molecule has 3 nitrogen and oxygen atoms in total. The molecule has 0 amide bonds. The Hall–Kier alpha value is -0.120. The van der Waals surface area contributed by atoms with E-state index in [1.807, 2.05) is 0 Å². The van der Waals surface area contributed by atoms with Crippen molar-refractivity contribution in [3.8, 4) is 0 Å². The molecule has 0 aromatic carbocycles. The molecule has 0 aromatic rings. The molecule has 20 heavy (non-hydrogen) atoms. The molecular formula is C17H36N2O. The fourth-order valence-electron chi connectivity index (χ4n) is 2.95. The molecule has 120 valence electrons. The lowest BCUT2D eigenvalue weighted by Gasteiger charge is -2.47. The molecule has 0 bridgehead atoms. The van der Waals surface area contributed by atoms with Gasteiger partial charge in [-0.15, -0.1) is 0 Å². The first-order valence-corrected chi connectivity index (χ1v) is 8.16. The van der Waals surface area contributed by atoms with E-state index in [0.717, 1.165) is 32.8 Å². The topological polar surface area (TPSA) is 24.5 Å². The highest BCUT2D eigenvalue weighted by molar-refractivity contribution is 4.91. The second-order valence-electron chi connectivity index (χ2n) is 8.45. The minimum atomic E-state index is 0.162. The van der Waals surface area contributed by atoms with Gasteiger partial charge in [0.05, 0.1) is 13.2 Å². The molecule has 1 N–H and O–H groups in total. The molecule has 1 fully saturated rings. The van der Waals surface area contributed by atoms with Gasteiger partial charge in [-0.3, -0.25) is 4.90 Å². The molecule has 0 spiro atoms. The number of ether oxygens (including phenoxy) is 1. The van der Waals surface area contributed by atoms with Gasteiger partial charge in [0.2, 0.25) is 0 Å². The standard InChI is InChI=1S/C17H36N2O/c1-8-9-17(7,12-18-15(2,3)4)13-19-10-11-20-14-16(19,5)6/h18H,8-14H2,1-7H3. The summed E-state index contributed by atoms with van der Waals surface area (Å²) in [6, 6.07) is 0. The van der Waals surface area contributed by atoms with Crippen molar-refractivity contribution in [2.24, 2.45) is 5.41 Å². The van der Waals surface area contributed by atoms with Crippen LogP contribution in [0.2, 0.25) is 0 Å². The first-order valence-electron chi connectivity index (χ1n) is 8.16. The van der Waals surface area contributed by atoms with Crippen LogP contribution in [0.1, 0.15) is 61.3 Å². The Morgan fingerprint density at radius 3 is 2.35 bits per heavy atom. The van der Waals surface area contributed by atoms with Crippen LogP contribution in [0, 0.1) is 5.41 Å². The highest BCUT2D eigenvalue weighted by atomic mass is 16.5. The predicted molar refractivity (Wildman–Crippen MR) is 87.2 cm³/mol. The quantitative estimate of drug-likeness (QED) is 0.810. The fourth-order valence-corrected chi connectivity index (χ4v) is 2.95.